The Morgan fingerprint density at radius 1 is 0.500 bits per heavy atom. The molecule has 0 aliphatic carbocycles. The minimum atomic E-state index is 1.16. The van der Waals surface area contributed by atoms with Crippen molar-refractivity contribution in [3.8, 4) is 11.1 Å². The smallest absolute Gasteiger partial charge is 0.0462 e. The lowest BCUT2D eigenvalue weighted by atomic mass is 9.94. The number of hydrogen-bond donors (Lipinski definition) is 0. The van der Waals surface area contributed by atoms with E-state index in [9.17, 15) is 0 Å². The van der Waals surface area contributed by atoms with Crippen molar-refractivity contribution in [3.63, 3.8) is 0 Å². The zero-order valence-corrected chi connectivity index (χ0v) is 16.7. The lowest BCUT2D eigenvalue weighted by Crippen LogP contribution is -2.09. The van der Waals surface area contributed by atoms with Crippen LogP contribution in [-0.2, 0) is 0 Å². The monoisotopic (exact) mass is 363 g/mol. The summed E-state index contributed by atoms with van der Waals surface area (Å²) >= 11 is 0. The average molecular weight is 364 g/mol. The van der Waals surface area contributed by atoms with E-state index in [-0.39, 0.29) is 0 Å². The molecule has 0 heterocycles. The van der Waals surface area contributed by atoms with Crippen LogP contribution in [0.2, 0.25) is 0 Å². The van der Waals surface area contributed by atoms with Crippen LogP contribution in [0.1, 0.15) is 16.7 Å². The van der Waals surface area contributed by atoms with Gasteiger partial charge >= 0.3 is 0 Å². The van der Waals surface area contributed by atoms with E-state index >= 15 is 0 Å². The summed E-state index contributed by atoms with van der Waals surface area (Å²) in [6.45, 7) is 6.55. The van der Waals surface area contributed by atoms with Crippen LogP contribution >= 0.6 is 0 Å². The SMILES string of the molecule is Cc1cc(C)c(-c2ccc(N(c3ccccc3)c3ccccc3)cc2)c(C)c1. The fourth-order valence-corrected chi connectivity index (χ4v) is 4.01. The van der Waals surface area contributed by atoms with Gasteiger partial charge in [0.05, 0.1) is 0 Å². The van der Waals surface area contributed by atoms with Crippen LogP contribution in [-0.4, -0.2) is 0 Å². The Balaban J connectivity index is 1.78. The molecule has 0 atom stereocenters. The predicted octanol–water partition coefficient (Wildman–Crippen LogP) is 7.75. The van der Waals surface area contributed by atoms with Gasteiger partial charge in [0.1, 0.15) is 0 Å². The second-order valence-corrected chi connectivity index (χ2v) is 7.33. The molecule has 138 valence electrons. The molecule has 28 heavy (non-hydrogen) atoms. The summed E-state index contributed by atoms with van der Waals surface area (Å²) in [5, 5.41) is 0. The molecule has 4 aromatic rings. The summed E-state index contributed by atoms with van der Waals surface area (Å²) in [5.74, 6) is 0. The fourth-order valence-electron chi connectivity index (χ4n) is 4.01. The topological polar surface area (TPSA) is 3.24 Å². The lowest BCUT2D eigenvalue weighted by Gasteiger charge is -2.25. The van der Waals surface area contributed by atoms with Crippen molar-refractivity contribution in [2.75, 3.05) is 4.90 Å². The molecule has 0 radical (unpaired) electrons. The first-order valence-electron chi connectivity index (χ1n) is 9.72. The van der Waals surface area contributed by atoms with E-state index in [2.05, 4.69) is 123 Å². The van der Waals surface area contributed by atoms with E-state index in [0.29, 0.717) is 0 Å². The number of benzene rings is 4. The van der Waals surface area contributed by atoms with Gasteiger partial charge in [0.15, 0.2) is 0 Å². The van der Waals surface area contributed by atoms with Crippen molar-refractivity contribution >= 4 is 17.1 Å². The van der Waals surface area contributed by atoms with Crippen molar-refractivity contribution in [1.29, 1.82) is 0 Å². The van der Waals surface area contributed by atoms with Crippen molar-refractivity contribution in [2.45, 2.75) is 20.8 Å². The first kappa shape index (κ1) is 18.1. The standard InChI is InChI=1S/C27H25N/c1-20-18-21(2)27(22(3)19-20)23-14-16-26(17-15-23)28(24-10-6-4-7-11-24)25-12-8-5-9-13-25/h4-19H,1-3H3. The largest absolute Gasteiger partial charge is 0.311 e. The van der Waals surface area contributed by atoms with Gasteiger partial charge < -0.3 is 4.90 Å². The lowest BCUT2D eigenvalue weighted by molar-refractivity contribution is 1.28. The minimum Gasteiger partial charge on any atom is -0.311 e. The molecule has 0 bridgehead atoms. The van der Waals surface area contributed by atoms with E-state index in [1.165, 1.54) is 27.8 Å². The number of hydrogen-bond acceptors (Lipinski definition) is 1. The minimum absolute atomic E-state index is 1.16. The van der Waals surface area contributed by atoms with Gasteiger partial charge in [0.25, 0.3) is 0 Å². The summed E-state index contributed by atoms with van der Waals surface area (Å²) in [7, 11) is 0. The molecule has 0 aliphatic heterocycles. The average Bonchev–Trinajstić information content (AvgIpc) is 2.70. The molecule has 0 aromatic heterocycles. The molecule has 1 nitrogen and oxygen atoms in total. The second kappa shape index (κ2) is 7.74. The Bertz CT molecular complexity index is 1000. The Hall–Kier alpha value is -3.32. The zero-order valence-electron chi connectivity index (χ0n) is 16.7. The van der Waals surface area contributed by atoms with Crippen molar-refractivity contribution in [3.05, 3.63) is 114 Å². The molecular weight excluding hydrogens is 338 g/mol. The van der Waals surface area contributed by atoms with Crippen LogP contribution in [0.25, 0.3) is 11.1 Å². The number of para-hydroxylation sites is 2. The Morgan fingerprint density at radius 3 is 1.39 bits per heavy atom. The highest BCUT2D eigenvalue weighted by Crippen LogP contribution is 2.36. The molecule has 1 heteroatoms. The molecule has 0 unspecified atom stereocenters. The third-order valence-electron chi connectivity index (χ3n) is 5.12. The third kappa shape index (κ3) is 3.57. The highest BCUT2D eigenvalue weighted by Gasteiger charge is 2.13. The fraction of sp³-hybridized carbons (Fsp3) is 0.111. The summed E-state index contributed by atoms with van der Waals surface area (Å²) < 4.78 is 0. The highest BCUT2D eigenvalue weighted by atomic mass is 15.1. The first-order chi connectivity index (χ1) is 13.6. The second-order valence-electron chi connectivity index (χ2n) is 7.33. The molecule has 0 saturated heterocycles. The van der Waals surface area contributed by atoms with Gasteiger partial charge in [-0.3, -0.25) is 0 Å². The molecule has 0 aliphatic rings. The normalized spacial score (nSPS) is 10.7. The van der Waals surface area contributed by atoms with Gasteiger partial charge in [0.2, 0.25) is 0 Å². The summed E-state index contributed by atoms with van der Waals surface area (Å²) in [4.78, 5) is 2.29. The third-order valence-corrected chi connectivity index (χ3v) is 5.12. The molecule has 0 amide bonds. The van der Waals surface area contributed by atoms with Crippen LogP contribution in [0, 0.1) is 20.8 Å². The molecule has 0 saturated carbocycles. The van der Waals surface area contributed by atoms with Crippen LogP contribution in [0.3, 0.4) is 0 Å². The van der Waals surface area contributed by atoms with E-state index in [0.717, 1.165) is 17.1 Å². The maximum Gasteiger partial charge on any atom is 0.0462 e. The summed E-state index contributed by atoms with van der Waals surface area (Å²) in [6, 6.07) is 34.5. The van der Waals surface area contributed by atoms with E-state index in [4.69, 9.17) is 0 Å². The van der Waals surface area contributed by atoms with Gasteiger partial charge in [-0.1, -0.05) is 66.2 Å². The molecular formula is C27H25N. The predicted molar refractivity (Wildman–Crippen MR) is 121 cm³/mol. The van der Waals surface area contributed by atoms with Crippen LogP contribution in [0.4, 0.5) is 17.1 Å². The molecule has 0 spiro atoms. The Morgan fingerprint density at radius 2 is 0.929 bits per heavy atom. The van der Waals surface area contributed by atoms with Gasteiger partial charge in [-0.15, -0.1) is 0 Å². The number of nitrogens with zero attached hydrogens (tertiary/aromatic N) is 1. The summed E-state index contributed by atoms with van der Waals surface area (Å²) in [6.07, 6.45) is 0. The van der Waals surface area contributed by atoms with Crippen molar-refractivity contribution in [2.24, 2.45) is 0 Å². The van der Waals surface area contributed by atoms with E-state index in [1.54, 1.807) is 0 Å². The molecule has 4 aromatic carbocycles. The highest BCUT2D eigenvalue weighted by molar-refractivity contribution is 5.79. The van der Waals surface area contributed by atoms with Gasteiger partial charge in [0, 0.05) is 17.1 Å². The molecule has 0 fully saturated rings. The Kier molecular flexibility index (Phi) is 4.99. The van der Waals surface area contributed by atoms with Crippen molar-refractivity contribution in [1.82, 2.24) is 0 Å². The number of rotatable bonds is 4. The van der Waals surface area contributed by atoms with E-state index < -0.39 is 0 Å². The summed E-state index contributed by atoms with van der Waals surface area (Å²) in [5.41, 5.74) is 10.0. The first-order valence-corrected chi connectivity index (χ1v) is 9.72. The number of aryl methyl sites for hydroxylation is 3. The van der Waals surface area contributed by atoms with Crippen LogP contribution in [0.5, 0.6) is 0 Å². The van der Waals surface area contributed by atoms with Gasteiger partial charge in [-0.25, -0.2) is 0 Å². The number of anilines is 3. The van der Waals surface area contributed by atoms with E-state index in [1.807, 2.05) is 0 Å². The maximum absolute atomic E-state index is 2.29. The maximum atomic E-state index is 2.29. The van der Waals surface area contributed by atoms with Crippen LogP contribution < -0.4 is 4.90 Å². The zero-order chi connectivity index (χ0) is 19.5. The van der Waals surface area contributed by atoms with Gasteiger partial charge in [-0.2, -0.15) is 0 Å². The van der Waals surface area contributed by atoms with Crippen molar-refractivity contribution < 1.29 is 0 Å². The van der Waals surface area contributed by atoms with Crippen LogP contribution in [0.15, 0.2) is 97.1 Å². The Labute approximate surface area is 167 Å². The quantitative estimate of drug-likeness (QED) is 0.358. The molecule has 4 rings (SSSR count). The molecule has 0 N–H and O–H groups in total. The van der Waals surface area contributed by atoms with Gasteiger partial charge in [-0.05, 0) is 79.4 Å².